The standard InChI is InChI=1S/C10H13N3O.ClH/c11-7-3-4-8-9(6-7)13-10(12-8)2-1-5-14;/h3-4,6,14H,1-2,5,11H2,(H,12,13);1H. The summed E-state index contributed by atoms with van der Waals surface area (Å²) in [6, 6.07) is 5.59. The van der Waals surface area contributed by atoms with Crippen molar-refractivity contribution in [1.82, 2.24) is 9.97 Å². The van der Waals surface area contributed by atoms with Crippen LogP contribution in [-0.2, 0) is 6.42 Å². The summed E-state index contributed by atoms with van der Waals surface area (Å²) in [4.78, 5) is 7.54. The molecule has 0 saturated carbocycles. The molecule has 0 atom stereocenters. The zero-order valence-corrected chi connectivity index (χ0v) is 9.05. The highest BCUT2D eigenvalue weighted by atomic mass is 35.5. The minimum atomic E-state index is 0. The van der Waals surface area contributed by atoms with Gasteiger partial charge in [0, 0.05) is 18.7 Å². The Morgan fingerprint density at radius 2 is 2.20 bits per heavy atom. The van der Waals surface area contributed by atoms with E-state index in [2.05, 4.69) is 9.97 Å². The highest BCUT2D eigenvalue weighted by Crippen LogP contribution is 2.15. The number of aromatic amines is 1. The number of anilines is 1. The fourth-order valence-electron chi connectivity index (χ4n) is 1.44. The van der Waals surface area contributed by atoms with Crippen LogP contribution < -0.4 is 5.73 Å². The van der Waals surface area contributed by atoms with Crippen LogP contribution in [0.4, 0.5) is 5.69 Å². The summed E-state index contributed by atoms with van der Waals surface area (Å²) in [6.07, 6.45) is 1.50. The van der Waals surface area contributed by atoms with Gasteiger partial charge in [-0.25, -0.2) is 4.98 Å². The fraction of sp³-hybridized carbons (Fsp3) is 0.300. The predicted octanol–water partition coefficient (Wildman–Crippen LogP) is 1.49. The topological polar surface area (TPSA) is 74.9 Å². The quantitative estimate of drug-likeness (QED) is 0.696. The monoisotopic (exact) mass is 227 g/mol. The lowest BCUT2D eigenvalue weighted by Gasteiger charge is -1.91. The number of hydrogen-bond acceptors (Lipinski definition) is 3. The van der Waals surface area contributed by atoms with Crippen LogP contribution in [0.25, 0.3) is 11.0 Å². The molecule has 0 amide bonds. The fourth-order valence-corrected chi connectivity index (χ4v) is 1.44. The third-order valence-electron chi connectivity index (χ3n) is 2.13. The second-order valence-electron chi connectivity index (χ2n) is 3.29. The third kappa shape index (κ3) is 2.61. The Kier molecular flexibility index (Phi) is 3.94. The second kappa shape index (κ2) is 5.00. The smallest absolute Gasteiger partial charge is 0.107 e. The van der Waals surface area contributed by atoms with Crippen LogP contribution in [0.5, 0.6) is 0 Å². The normalized spacial score (nSPS) is 10.2. The van der Waals surface area contributed by atoms with Gasteiger partial charge in [0.2, 0.25) is 0 Å². The Morgan fingerprint density at radius 3 is 2.93 bits per heavy atom. The van der Waals surface area contributed by atoms with Crippen molar-refractivity contribution in [2.24, 2.45) is 0 Å². The Labute approximate surface area is 93.9 Å². The molecule has 0 spiro atoms. The molecule has 0 saturated heterocycles. The molecule has 0 radical (unpaired) electrons. The molecule has 4 N–H and O–H groups in total. The zero-order valence-electron chi connectivity index (χ0n) is 8.23. The number of fused-ring (bicyclic) bond motifs is 1. The molecular weight excluding hydrogens is 214 g/mol. The van der Waals surface area contributed by atoms with Crippen molar-refractivity contribution in [2.75, 3.05) is 12.3 Å². The molecule has 0 fully saturated rings. The van der Waals surface area contributed by atoms with Crippen molar-refractivity contribution in [3.8, 4) is 0 Å². The molecule has 0 aliphatic rings. The molecular formula is C10H14ClN3O. The summed E-state index contributed by atoms with van der Waals surface area (Å²) >= 11 is 0. The molecule has 15 heavy (non-hydrogen) atoms. The van der Waals surface area contributed by atoms with Gasteiger partial charge in [0.05, 0.1) is 11.0 Å². The third-order valence-corrected chi connectivity index (χ3v) is 2.13. The van der Waals surface area contributed by atoms with Gasteiger partial charge in [0.15, 0.2) is 0 Å². The molecule has 4 nitrogen and oxygen atoms in total. The number of nitrogens with one attached hydrogen (secondary N) is 1. The van der Waals surface area contributed by atoms with Crippen LogP contribution in [0.1, 0.15) is 12.2 Å². The van der Waals surface area contributed by atoms with Gasteiger partial charge in [0.1, 0.15) is 5.82 Å². The van der Waals surface area contributed by atoms with Gasteiger partial charge in [-0.15, -0.1) is 12.4 Å². The summed E-state index contributed by atoms with van der Waals surface area (Å²) < 4.78 is 0. The number of hydrogen-bond donors (Lipinski definition) is 3. The van der Waals surface area contributed by atoms with E-state index in [1.54, 1.807) is 0 Å². The van der Waals surface area contributed by atoms with Gasteiger partial charge < -0.3 is 15.8 Å². The van der Waals surface area contributed by atoms with Gasteiger partial charge in [0.25, 0.3) is 0 Å². The van der Waals surface area contributed by atoms with Crippen molar-refractivity contribution in [3.05, 3.63) is 24.0 Å². The Bertz CT molecular complexity index is 441. The highest BCUT2D eigenvalue weighted by molar-refractivity contribution is 5.85. The first-order chi connectivity index (χ1) is 6.79. The van der Waals surface area contributed by atoms with E-state index < -0.39 is 0 Å². The van der Waals surface area contributed by atoms with Crippen molar-refractivity contribution in [3.63, 3.8) is 0 Å². The molecule has 1 aromatic carbocycles. The minimum absolute atomic E-state index is 0. The number of H-pyrrole nitrogens is 1. The average Bonchev–Trinajstić information content (AvgIpc) is 2.56. The number of benzene rings is 1. The van der Waals surface area contributed by atoms with E-state index in [4.69, 9.17) is 10.8 Å². The molecule has 2 aromatic rings. The number of aliphatic hydroxyl groups is 1. The van der Waals surface area contributed by atoms with E-state index in [1.165, 1.54) is 0 Å². The second-order valence-corrected chi connectivity index (χ2v) is 3.29. The number of halogens is 1. The number of imidazole rings is 1. The highest BCUT2D eigenvalue weighted by Gasteiger charge is 2.01. The summed E-state index contributed by atoms with van der Waals surface area (Å²) in [5.41, 5.74) is 8.26. The maximum absolute atomic E-state index is 8.68. The largest absolute Gasteiger partial charge is 0.399 e. The van der Waals surface area contributed by atoms with E-state index in [0.717, 1.165) is 35.4 Å². The van der Waals surface area contributed by atoms with Crippen molar-refractivity contribution in [1.29, 1.82) is 0 Å². The maximum atomic E-state index is 8.68. The molecule has 1 aromatic heterocycles. The number of aryl methyl sites for hydroxylation is 1. The molecule has 0 aliphatic heterocycles. The van der Waals surface area contributed by atoms with E-state index in [0.29, 0.717) is 0 Å². The predicted molar refractivity (Wildman–Crippen MR) is 63.2 cm³/mol. The summed E-state index contributed by atoms with van der Waals surface area (Å²) in [7, 11) is 0. The van der Waals surface area contributed by atoms with E-state index >= 15 is 0 Å². The molecule has 82 valence electrons. The van der Waals surface area contributed by atoms with Gasteiger partial charge >= 0.3 is 0 Å². The first-order valence-corrected chi connectivity index (χ1v) is 4.64. The van der Waals surface area contributed by atoms with E-state index in [9.17, 15) is 0 Å². The van der Waals surface area contributed by atoms with Gasteiger partial charge in [-0.05, 0) is 24.6 Å². The van der Waals surface area contributed by atoms with Crippen LogP contribution in [0.3, 0.4) is 0 Å². The first-order valence-electron chi connectivity index (χ1n) is 4.64. The van der Waals surface area contributed by atoms with Crippen molar-refractivity contribution >= 4 is 29.1 Å². The lowest BCUT2D eigenvalue weighted by Crippen LogP contribution is -1.90. The van der Waals surface area contributed by atoms with Crippen LogP contribution in [0.2, 0.25) is 0 Å². The molecule has 0 unspecified atom stereocenters. The lowest BCUT2D eigenvalue weighted by molar-refractivity contribution is 0.287. The van der Waals surface area contributed by atoms with Crippen LogP contribution >= 0.6 is 12.4 Å². The number of nitrogens with two attached hydrogens (primary N) is 1. The van der Waals surface area contributed by atoms with Crippen LogP contribution in [-0.4, -0.2) is 21.7 Å². The summed E-state index contributed by atoms with van der Waals surface area (Å²) in [5, 5.41) is 8.68. The number of aliphatic hydroxyl groups excluding tert-OH is 1. The SMILES string of the molecule is Cl.Nc1ccc2nc(CCCO)[nH]c2c1. The van der Waals surface area contributed by atoms with Crippen LogP contribution in [0.15, 0.2) is 18.2 Å². The molecule has 2 rings (SSSR count). The Balaban J connectivity index is 0.00000112. The number of nitrogen functional groups attached to an aromatic ring is 1. The summed E-state index contributed by atoms with van der Waals surface area (Å²) in [5.74, 6) is 0.902. The number of nitrogens with zero attached hydrogens (tertiary/aromatic N) is 1. The molecule has 1 heterocycles. The van der Waals surface area contributed by atoms with Gasteiger partial charge in [-0.3, -0.25) is 0 Å². The van der Waals surface area contributed by atoms with Gasteiger partial charge in [-0.2, -0.15) is 0 Å². The van der Waals surface area contributed by atoms with E-state index in [1.807, 2.05) is 18.2 Å². The lowest BCUT2D eigenvalue weighted by atomic mass is 10.3. The Hall–Kier alpha value is -1.26. The molecule has 0 aliphatic carbocycles. The van der Waals surface area contributed by atoms with Crippen LogP contribution in [0, 0.1) is 0 Å². The number of aromatic nitrogens is 2. The number of rotatable bonds is 3. The molecule has 0 bridgehead atoms. The van der Waals surface area contributed by atoms with Crippen molar-refractivity contribution < 1.29 is 5.11 Å². The Morgan fingerprint density at radius 1 is 1.40 bits per heavy atom. The zero-order chi connectivity index (χ0) is 9.97. The van der Waals surface area contributed by atoms with Crippen molar-refractivity contribution in [2.45, 2.75) is 12.8 Å². The maximum Gasteiger partial charge on any atom is 0.107 e. The van der Waals surface area contributed by atoms with Gasteiger partial charge in [-0.1, -0.05) is 0 Å². The summed E-state index contributed by atoms with van der Waals surface area (Å²) in [6.45, 7) is 0.194. The molecule has 5 heteroatoms. The minimum Gasteiger partial charge on any atom is -0.399 e. The van der Waals surface area contributed by atoms with E-state index in [-0.39, 0.29) is 19.0 Å². The first kappa shape index (κ1) is 11.8. The average molecular weight is 228 g/mol.